The summed E-state index contributed by atoms with van der Waals surface area (Å²) in [6.45, 7) is 5.16. The van der Waals surface area contributed by atoms with Crippen molar-refractivity contribution < 1.29 is 9.84 Å². The van der Waals surface area contributed by atoms with E-state index in [9.17, 15) is 5.11 Å². The third-order valence-corrected chi connectivity index (χ3v) is 4.28. The average molecular weight is 241 g/mol. The smallest absolute Gasteiger partial charge is 0.0998 e. The molecule has 2 aliphatic heterocycles. The molecule has 0 bridgehead atoms. The maximum absolute atomic E-state index is 9.99. The average Bonchev–Trinajstić information content (AvgIpc) is 2.28. The van der Waals surface area contributed by atoms with E-state index in [-0.39, 0.29) is 6.10 Å². The molecule has 3 heteroatoms. The van der Waals surface area contributed by atoms with Crippen molar-refractivity contribution in [3.05, 3.63) is 0 Å². The lowest BCUT2D eigenvalue weighted by Gasteiger charge is -2.48. The molecule has 0 aromatic carbocycles. The van der Waals surface area contributed by atoms with Crippen LogP contribution in [0.5, 0.6) is 0 Å². The van der Waals surface area contributed by atoms with Gasteiger partial charge in [-0.25, -0.2) is 0 Å². The highest BCUT2D eigenvalue weighted by Crippen LogP contribution is 2.32. The Morgan fingerprint density at radius 3 is 2.82 bits per heavy atom. The summed E-state index contributed by atoms with van der Waals surface area (Å²) in [6, 6.07) is 1.09. The van der Waals surface area contributed by atoms with E-state index in [1.807, 2.05) is 0 Å². The summed E-state index contributed by atoms with van der Waals surface area (Å²) in [5, 5.41) is 9.99. The van der Waals surface area contributed by atoms with Gasteiger partial charge in [0.1, 0.15) is 0 Å². The van der Waals surface area contributed by atoms with Crippen LogP contribution < -0.4 is 0 Å². The van der Waals surface area contributed by atoms with Gasteiger partial charge < -0.3 is 9.84 Å². The first-order valence-electron chi connectivity index (χ1n) is 7.26. The lowest BCUT2D eigenvalue weighted by Crippen LogP contribution is -2.55. The summed E-state index contributed by atoms with van der Waals surface area (Å²) >= 11 is 0. The fourth-order valence-electron chi connectivity index (χ4n) is 3.31. The van der Waals surface area contributed by atoms with Gasteiger partial charge in [-0.3, -0.25) is 4.90 Å². The summed E-state index contributed by atoms with van der Waals surface area (Å²) in [6.07, 6.45) is 8.32. The molecule has 2 rings (SSSR count). The second-order valence-electron chi connectivity index (χ2n) is 5.78. The maximum atomic E-state index is 9.99. The standard InChI is InChI=1S/C14H27NO2/c1-3-4-5-6-12-8-14(16)9-13-7-11(2)17-10-15(12)13/h11-14,16H,3-10H2,1-2H3/t11-,12-,13-,14+/m0/s1. The second-order valence-corrected chi connectivity index (χ2v) is 5.78. The molecule has 0 unspecified atom stereocenters. The van der Waals surface area contributed by atoms with Crippen molar-refractivity contribution in [1.29, 1.82) is 0 Å². The molecule has 17 heavy (non-hydrogen) atoms. The third-order valence-electron chi connectivity index (χ3n) is 4.28. The minimum atomic E-state index is -0.0897. The number of fused-ring (bicyclic) bond motifs is 1. The van der Waals surface area contributed by atoms with Gasteiger partial charge in [0, 0.05) is 12.1 Å². The quantitative estimate of drug-likeness (QED) is 0.768. The van der Waals surface area contributed by atoms with E-state index in [1.54, 1.807) is 0 Å². The Kier molecular flexibility index (Phi) is 4.83. The highest BCUT2D eigenvalue weighted by molar-refractivity contribution is 4.90. The first kappa shape index (κ1) is 13.3. The van der Waals surface area contributed by atoms with Crippen LogP contribution in [0.2, 0.25) is 0 Å². The van der Waals surface area contributed by atoms with E-state index in [2.05, 4.69) is 18.7 Å². The van der Waals surface area contributed by atoms with E-state index < -0.39 is 0 Å². The monoisotopic (exact) mass is 241 g/mol. The normalized spacial score (nSPS) is 39.0. The van der Waals surface area contributed by atoms with Crippen LogP contribution in [-0.4, -0.2) is 41.0 Å². The molecule has 2 saturated heterocycles. The lowest BCUT2D eigenvalue weighted by atomic mass is 9.87. The molecule has 2 aliphatic rings. The van der Waals surface area contributed by atoms with Crippen molar-refractivity contribution in [3.63, 3.8) is 0 Å². The summed E-state index contributed by atoms with van der Waals surface area (Å²) in [4.78, 5) is 2.50. The van der Waals surface area contributed by atoms with Gasteiger partial charge >= 0.3 is 0 Å². The topological polar surface area (TPSA) is 32.7 Å². The van der Waals surface area contributed by atoms with Crippen LogP contribution in [0.1, 0.15) is 58.8 Å². The first-order chi connectivity index (χ1) is 8.20. The zero-order valence-corrected chi connectivity index (χ0v) is 11.3. The van der Waals surface area contributed by atoms with Gasteiger partial charge in [0.05, 0.1) is 18.9 Å². The first-order valence-corrected chi connectivity index (χ1v) is 7.26. The van der Waals surface area contributed by atoms with E-state index in [1.165, 1.54) is 25.7 Å². The van der Waals surface area contributed by atoms with Crippen LogP contribution in [0.3, 0.4) is 0 Å². The molecule has 0 aliphatic carbocycles. The van der Waals surface area contributed by atoms with E-state index in [4.69, 9.17) is 4.74 Å². The largest absolute Gasteiger partial charge is 0.393 e. The molecule has 0 amide bonds. The fraction of sp³-hybridized carbons (Fsp3) is 1.00. The molecule has 100 valence electrons. The van der Waals surface area contributed by atoms with Crippen molar-refractivity contribution in [2.75, 3.05) is 6.73 Å². The Balaban J connectivity index is 1.90. The number of unbranched alkanes of at least 4 members (excludes halogenated alkanes) is 2. The van der Waals surface area contributed by atoms with Gasteiger partial charge in [-0.1, -0.05) is 26.2 Å². The highest BCUT2D eigenvalue weighted by atomic mass is 16.5. The molecule has 0 aromatic rings. The number of hydrogen-bond acceptors (Lipinski definition) is 3. The zero-order chi connectivity index (χ0) is 12.3. The van der Waals surface area contributed by atoms with E-state index in [0.717, 1.165) is 26.0 Å². The van der Waals surface area contributed by atoms with Gasteiger partial charge in [-0.2, -0.15) is 0 Å². The Labute approximate surface area is 105 Å². The molecular formula is C14H27NO2. The second kappa shape index (κ2) is 6.17. The van der Waals surface area contributed by atoms with Crippen molar-refractivity contribution in [1.82, 2.24) is 4.90 Å². The van der Waals surface area contributed by atoms with Crippen LogP contribution in [0, 0.1) is 0 Å². The van der Waals surface area contributed by atoms with E-state index in [0.29, 0.717) is 18.2 Å². The molecule has 0 aromatic heterocycles. The van der Waals surface area contributed by atoms with E-state index >= 15 is 0 Å². The minimum absolute atomic E-state index is 0.0897. The number of rotatable bonds is 4. The summed E-state index contributed by atoms with van der Waals surface area (Å²) in [7, 11) is 0. The molecule has 0 saturated carbocycles. The van der Waals surface area contributed by atoms with Crippen molar-refractivity contribution >= 4 is 0 Å². The summed E-state index contributed by atoms with van der Waals surface area (Å²) in [5.74, 6) is 0. The summed E-state index contributed by atoms with van der Waals surface area (Å²) in [5.41, 5.74) is 0. The Morgan fingerprint density at radius 2 is 2.06 bits per heavy atom. The number of aliphatic hydroxyl groups excluding tert-OH is 1. The zero-order valence-electron chi connectivity index (χ0n) is 11.3. The fourth-order valence-corrected chi connectivity index (χ4v) is 3.31. The number of ether oxygens (including phenoxy) is 1. The molecule has 2 heterocycles. The molecule has 0 radical (unpaired) electrons. The lowest BCUT2D eigenvalue weighted by molar-refractivity contribution is -0.139. The van der Waals surface area contributed by atoms with Crippen molar-refractivity contribution in [3.8, 4) is 0 Å². The number of aliphatic hydroxyl groups is 1. The SMILES string of the molecule is CCCCC[C@H]1C[C@@H](O)C[C@@H]2C[C@H](C)OCN21. The van der Waals surface area contributed by atoms with Gasteiger partial charge in [-0.05, 0) is 32.6 Å². The van der Waals surface area contributed by atoms with Gasteiger partial charge in [-0.15, -0.1) is 0 Å². The van der Waals surface area contributed by atoms with Crippen LogP contribution in [0.4, 0.5) is 0 Å². The van der Waals surface area contributed by atoms with Crippen LogP contribution in [0.25, 0.3) is 0 Å². The number of hydrogen-bond donors (Lipinski definition) is 1. The van der Waals surface area contributed by atoms with Crippen LogP contribution in [0.15, 0.2) is 0 Å². The minimum Gasteiger partial charge on any atom is -0.393 e. The molecule has 1 N–H and O–H groups in total. The van der Waals surface area contributed by atoms with Crippen molar-refractivity contribution in [2.45, 2.75) is 83.1 Å². The molecular weight excluding hydrogens is 214 g/mol. The van der Waals surface area contributed by atoms with Gasteiger partial charge in [0.2, 0.25) is 0 Å². The Hall–Kier alpha value is -0.120. The molecule has 4 atom stereocenters. The molecule has 3 nitrogen and oxygen atoms in total. The molecule has 0 spiro atoms. The number of piperidine rings is 1. The van der Waals surface area contributed by atoms with Crippen LogP contribution >= 0.6 is 0 Å². The number of nitrogens with zero attached hydrogens (tertiary/aromatic N) is 1. The van der Waals surface area contributed by atoms with Crippen molar-refractivity contribution in [2.24, 2.45) is 0 Å². The van der Waals surface area contributed by atoms with Gasteiger partial charge in [0.25, 0.3) is 0 Å². The van der Waals surface area contributed by atoms with Crippen LogP contribution in [-0.2, 0) is 4.74 Å². The predicted molar refractivity (Wildman–Crippen MR) is 68.8 cm³/mol. The maximum Gasteiger partial charge on any atom is 0.0998 e. The third kappa shape index (κ3) is 3.43. The molecule has 2 fully saturated rings. The Bertz CT molecular complexity index is 232. The summed E-state index contributed by atoms with van der Waals surface area (Å²) < 4.78 is 5.76. The predicted octanol–water partition coefficient (Wildman–Crippen LogP) is 2.53. The highest BCUT2D eigenvalue weighted by Gasteiger charge is 2.37. The Morgan fingerprint density at radius 1 is 1.24 bits per heavy atom. The van der Waals surface area contributed by atoms with Gasteiger partial charge in [0.15, 0.2) is 0 Å².